The minimum Gasteiger partial charge on any atom is -0.394 e. The van der Waals surface area contributed by atoms with Gasteiger partial charge in [-0.15, -0.1) is 0 Å². The third kappa shape index (κ3) is 6.91. The average Bonchev–Trinajstić information content (AvgIpc) is 3.12. The van der Waals surface area contributed by atoms with Crippen molar-refractivity contribution in [2.24, 2.45) is 0 Å². The van der Waals surface area contributed by atoms with E-state index in [0.29, 0.717) is 0 Å². The summed E-state index contributed by atoms with van der Waals surface area (Å²) in [6.45, 7) is -1.73. The van der Waals surface area contributed by atoms with Gasteiger partial charge in [-0.25, -0.2) is 13.9 Å². The predicted octanol–water partition coefficient (Wildman–Crippen LogP) is -3.76. The molecule has 0 radical (unpaired) electrons. The Labute approximate surface area is 195 Å². The lowest BCUT2D eigenvalue weighted by Gasteiger charge is -2.39. The van der Waals surface area contributed by atoms with Crippen molar-refractivity contribution < 1.29 is 67.3 Å². The second kappa shape index (κ2) is 11.0. The molecule has 1 aromatic heterocycles. The monoisotopic (exact) mass is 550 g/mol. The molecule has 0 saturated carbocycles. The molecule has 3 rings (SSSR count). The van der Waals surface area contributed by atoms with Crippen LogP contribution in [-0.2, 0) is 32.0 Å². The molecule has 0 bridgehead atoms. The quantitative estimate of drug-likeness (QED) is 0.137. The standard InChI is InChI=1S/C15H24N2O16P2/c18-4-7-11(21)12(22)13(23)14(31-7)32-35(27,28)33-34(25,26)29-5-8-6(19)3-10(30-8)17-2-1-9(20)16-15(17)24/h1-2,6-8,10-14,18-19,21-23H,3-5H2,(H,25,26)(H,27,28)(H,16,20,24)/t6-,7+,8+,10?,11-,12-,13+,14?/m0/s1. The van der Waals surface area contributed by atoms with Gasteiger partial charge in [-0.3, -0.25) is 23.4 Å². The fourth-order valence-electron chi connectivity index (χ4n) is 3.32. The lowest BCUT2D eigenvalue weighted by molar-refractivity contribution is -0.280. The number of nitrogens with zero attached hydrogens (tertiary/aromatic N) is 1. The molecule has 2 fully saturated rings. The second-order valence-corrected chi connectivity index (χ2v) is 10.6. The Morgan fingerprint density at radius 3 is 2.34 bits per heavy atom. The maximum Gasteiger partial charge on any atom is 0.483 e. The van der Waals surface area contributed by atoms with E-state index >= 15 is 0 Å². The van der Waals surface area contributed by atoms with Crippen LogP contribution in [0, 0.1) is 0 Å². The smallest absolute Gasteiger partial charge is 0.394 e. The number of hydrogen-bond donors (Lipinski definition) is 8. The molecule has 0 spiro atoms. The molecular formula is C15H24N2O16P2. The summed E-state index contributed by atoms with van der Waals surface area (Å²) in [6.07, 6.45) is -12.3. The van der Waals surface area contributed by atoms with Crippen molar-refractivity contribution in [3.8, 4) is 0 Å². The topological polar surface area (TPSA) is 277 Å². The lowest BCUT2D eigenvalue weighted by atomic mass is 10.00. The summed E-state index contributed by atoms with van der Waals surface area (Å²) in [7, 11) is -10.9. The first-order chi connectivity index (χ1) is 16.2. The Morgan fingerprint density at radius 1 is 1.03 bits per heavy atom. The van der Waals surface area contributed by atoms with E-state index in [0.717, 1.165) is 16.8 Å². The summed E-state index contributed by atoms with van der Waals surface area (Å²) in [5, 5.41) is 48.4. The normalized spacial score (nSPS) is 37.0. The number of aliphatic hydroxyl groups excluding tert-OH is 5. The van der Waals surface area contributed by atoms with E-state index in [1.165, 1.54) is 0 Å². The number of ether oxygens (including phenoxy) is 2. The van der Waals surface area contributed by atoms with Crippen LogP contribution in [0.15, 0.2) is 21.9 Å². The van der Waals surface area contributed by atoms with E-state index in [4.69, 9.17) is 14.6 Å². The molecule has 18 nitrogen and oxygen atoms in total. The average molecular weight is 550 g/mol. The van der Waals surface area contributed by atoms with Gasteiger partial charge < -0.3 is 44.8 Å². The highest BCUT2D eigenvalue weighted by Gasteiger charge is 2.48. The molecule has 0 aliphatic carbocycles. The molecule has 4 unspecified atom stereocenters. The van der Waals surface area contributed by atoms with Crippen LogP contribution in [0.3, 0.4) is 0 Å². The van der Waals surface area contributed by atoms with Crippen LogP contribution in [0.25, 0.3) is 0 Å². The van der Waals surface area contributed by atoms with Gasteiger partial charge in [0, 0.05) is 18.7 Å². The molecule has 3 heterocycles. The van der Waals surface area contributed by atoms with Gasteiger partial charge in [-0.2, -0.15) is 4.31 Å². The van der Waals surface area contributed by atoms with Crippen LogP contribution in [0.4, 0.5) is 0 Å². The maximum absolute atomic E-state index is 12.1. The summed E-state index contributed by atoms with van der Waals surface area (Å²) in [4.78, 5) is 44.5. The minimum atomic E-state index is -5.53. The summed E-state index contributed by atoms with van der Waals surface area (Å²) in [6, 6.07) is 1.03. The van der Waals surface area contributed by atoms with Crippen LogP contribution in [0.1, 0.15) is 12.6 Å². The zero-order valence-electron chi connectivity index (χ0n) is 17.5. The highest BCUT2D eigenvalue weighted by Crippen LogP contribution is 2.61. The first-order valence-corrected chi connectivity index (χ1v) is 12.9. The molecule has 2 saturated heterocycles. The van der Waals surface area contributed by atoms with Crippen molar-refractivity contribution in [3.63, 3.8) is 0 Å². The Balaban J connectivity index is 1.58. The highest BCUT2D eigenvalue weighted by molar-refractivity contribution is 7.61. The summed E-state index contributed by atoms with van der Waals surface area (Å²) in [5.41, 5.74) is -1.50. The van der Waals surface area contributed by atoms with E-state index in [2.05, 4.69) is 13.4 Å². The maximum atomic E-state index is 12.1. The van der Waals surface area contributed by atoms with Crippen molar-refractivity contribution in [1.82, 2.24) is 9.55 Å². The molecule has 35 heavy (non-hydrogen) atoms. The number of aliphatic hydroxyl groups is 5. The molecule has 200 valence electrons. The number of nitrogens with one attached hydrogen (secondary N) is 1. The summed E-state index contributed by atoms with van der Waals surface area (Å²) in [5.74, 6) is 0. The molecular weight excluding hydrogens is 526 g/mol. The summed E-state index contributed by atoms with van der Waals surface area (Å²) < 4.78 is 48.5. The van der Waals surface area contributed by atoms with E-state index in [1.54, 1.807) is 0 Å². The third-order valence-corrected chi connectivity index (χ3v) is 7.66. The zero-order valence-corrected chi connectivity index (χ0v) is 19.3. The van der Waals surface area contributed by atoms with Gasteiger partial charge in [0.15, 0.2) is 6.29 Å². The Morgan fingerprint density at radius 2 is 1.71 bits per heavy atom. The van der Waals surface area contributed by atoms with Crippen LogP contribution in [0.5, 0.6) is 0 Å². The number of phosphoric ester groups is 2. The largest absolute Gasteiger partial charge is 0.483 e. The van der Waals surface area contributed by atoms with E-state index in [9.17, 15) is 48.9 Å². The fourth-order valence-corrected chi connectivity index (χ4v) is 5.47. The Kier molecular flexibility index (Phi) is 8.84. The van der Waals surface area contributed by atoms with Gasteiger partial charge >= 0.3 is 21.3 Å². The number of aromatic amines is 1. The third-order valence-electron chi connectivity index (χ3n) is 5.06. The summed E-state index contributed by atoms with van der Waals surface area (Å²) >= 11 is 0. The molecule has 10 atom stereocenters. The van der Waals surface area contributed by atoms with E-state index in [-0.39, 0.29) is 6.42 Å². The zero-order chi connectivity index (χ0) is 26.1. The number of phosphoric acid groups is 2. The number of rotatable bonds is 9. The van der Waals surface area contributed by atoms with Crippen LogP contribution >= 0.6 is 15.6 Å². The van der Waals surface area contributed by atoms with E-state index < -0.39 is 89.2 Å². The molecule has 2 aliphatic rings. The highest BCUT2D eigenvalue weighted by atomic mass is 31.3. The number of H-pyrrole nitrogens is 1. The first-order valence-electron chi connectivity index (χ1n) is 9.88. The number of aromatic nitrogens is 2. The van der Waals surface area contributed by atoms with Crippen molar-refractivity contribution >= 4 is 15.6 Å². The minimum absolute atomic E-state index is 0.171. The Hall–Kier alpha value is -1.34. The molecule has 0 aromatic carbocycles. The molecule has 2 aliphatic heterocycles. The van der Waals surface area contributed by atoms with Crippen LogP contribution in [-0.4, -0.2) is 101 Å². The fraction of sp³-hybridized carbons (Fsp3) is 0.733. The Bertz CT molecular complexity index is 1090. The molecule has 20 heteroatoms. The second-order valence-electron chi connectivity index (χ2n) is 7.57. The molecule has 1 aromatic rings. The van der Waals surface area contributed by atoms with Gasteiger partial charge in [0.25, 0.3) is 5.56 Å². The predicted molar refractivity (Wildman–Crippen MR) is 107 cm³/mol. The van der Waals surface area contributed by atoms with Crippen LogP contribution in [0.2, 0.25) is 0 Å². The van der Waals surface area contributed by atoms with Gasteiger partial charge in [-0.05, 0) is 0 Å². The van der Waals surface area contributed by atoms with Gasteiger partial charge in [0.1, 0.15) is 36.7 Å². The van der Waals surface area contributed by atoms with Crippen molar-refractivity contribution in [2.75, 3.05) is 13.2 Å². The van der Waals surface area contributed by atoms with Gasteiger partial charge in [-0.1, -0.05) is 0 Å². The SMILES string of the molecule is O=c1ccn(C2C[C@H](O)[C@@H](COP(=O)(O)OP(=O)(O)OC3O[C@H](CO)[C@H](O)[C@H](O)[C@H]3O)O2)c(=O)[nH]1. The van der Waals surface area contributed by atoms with Crippen molar-refractivity contribution in [1.29, 1.82) is 0 Å². The molecule has 8 N–H and O–H groups in total. The van der Waals surface area contributed by atoms with E-state index in [1.807, 2.05) is 4.98 Å². The van der Waals surface area contributed by atoms with Gasteiger partial charge in [0.05, 0.1) is 19.3 Å². The first kappa shape index (κ1) is 28.2. The van der Waals surface area contributed by atoms with Crippen LogP contribution < -0.4 is 11.2 Å². The van der Waals surface area contributed by atoms with Crippen molar-refractivity contribution in [2.45, 2.75) is 55.6 Å². The van der Waals surface area contributed by atoms with Gasteiger partial charge in [0.2, 0.25) is 0 Å². The van der Waals surface area contributed by atoms with Crippen molar-refractivity contribution in [3.05, 3.63) is 33.1 Å². The number of hydrogen-bond acceptors (Lipinski definition) is 14. The lowest BCUT2D eigenvalue weighted by Crippen LogP contribution is -2.58. The molecule has 0 amide bonds.